The van der Waals surface area contributed by atoms with E-state index >= 15 is 0 Å². The lowest BCUT2D eigenvalue weighted by atomic mass is 10.0. The van der Waals surface area contributed by atoms with Gasteiger partial charge in [-0.2, -0.15) is 0 Å². The normalized spacial score (nSPS) is 19.0. The Hall–Kier alpha value is -2.77. The number of nitrogens with zero attached hydrogens (tertiary/aromatic N) is 5. The Labute approximate surface area is 177 Å². The summed E-state index contributed by atoms with van der Waals surface area (Å²) in [6, 6.07) is 16.4. The first-order valence-corrected chi connectivity index (χ1v) is 10.2. The molecule has 0 unspecified atom stereocenters. The summed E-state index contributed by atoms with van der Waals surface area (Å²) in [5, 5.41) is 4.30. The topological polar surface area (TPSA) is 49.2 Å². The summed E-state index contributed by atoms with van der Waals surface area (Å²) in [6.45, 7) is 2.50. The van der Waals surface area contributed by atoms with Gasteiger partial charge in [-0.05, 0) is 62.7 Å². The minimum Gasteiger partial charge on any atom is -0.352 e. The van der Waals surface area contributed by atoms with E-state index in [9.17, 15) is 0 Å². The Morgan fingerprint density at radius 1 is 1.03 bits per heavy atom. The van der Waals surface area contributed by atoms with Crippen LogP contribution in [0.25, 0.3) is 0 Å². The fraction of sp³-hybridized carbons (Fsp3) is 0.318. The molecule has 0 saturated carbocycles. The SMILES string of the molecule is CN(C)CCN1C(=S)N[C@@H](c2ccccn2)[C@H]1c1cccn1Cc1ccccn1. The third-order valence-electron chi connectivity index (χ3n) is 5.21. The fourth-order valence-corrected chi connectivity index (χ4v) is 4.11. The van der Waals surface area contributed by atoms with Crippen molar-refractivity contribution >= 4 is 17.3 Å². The van der Waals surface area contributed by atoms with Crippen LogP contribution in [0, 0.1) is 0 Å². The van der Waals surface area contributed by atoms with Gasteiger partial charge in [0.1, 0.15) is 0 Å². The van der Waals surface area contributed by atoms with Crippen molar-refractivity contribution in [2.75, 3.05) is 27.2 Å². The summed E-state index contributed by atoms with van der Waals surface area (Å²) in [5.41, 5.74) is 3.24. The molecule has 4 heterocycles. The summed E-state index contributed by atoms with van der Waals surface area (Å²) in [6.07, 6.45) is 5.79. The van der Waals surface area contributed by atoms with Crippen molar-refractivity contribution in [3.05, 3.63) is 84.2 Å². The van der Waals surface area contributed by atoms with Crippen LogP contribution in [-0.2, 0) is 6.54 Å². The molecule has 0 radical (unpaired) electrons. The summed E-state index contributed by atoms with van der Waals surface area (Å²) < 4.78 is 2.27. The minimum atomic E-state index is 0.00300. The zero-order chi connectivity index (χ0) is 20.2. The van der Waals surface area contributed by atoms with Crippen molar-refractivity contribution in [3.63, 3.8) is 0 Å². The van der Waals surface area contributed by atoms with Gasteiger partial charge in [0.2, 0.25) is 0 Å². The molecule has 2 atom stereocenters. The van der Waals surface area contributed by atoms with Crippen LogP contribution in [0.1, 0.15) is 29.2 Å². The van der Waals surface area contributed by atoms with Gasteiger partial charge in [0.15, 0.2) is 5.11 Å². The first-order valence-electron chi connectivity index (χ1n) is 9.81. The standard InChI is InChI=1S/C22H26N6S/c1-26(2)14-15-28-21(20(25-22(28)29)18-9-4-6-12-24-18)19-10-7-13-27(19)16-17-8-3-5-11-23-17/h3-13,20-21H,14-16H2,1-2H3,(H,25,29)/t20-,21+/m0/s1. The molecule has 3 aromatic rings. The van der Waals surface area contributed by atoms with Crippen LogP contribution in [0.3, 0.4) is 0 Å². The number of thiocarbonyl (C=S) groups is 1. The molecule has 1 saturated heterocycles. The van der Waals surface area contributed by atoms with Crippen molar-refractivity contribution in [1.29, 1.82) is 0 Å². The Bertz CT molecular complexity index is 940. The molecule has 1 fully saturated rings. The average Bonchev–Trinajstić information content (AvgIpc) is 3.31. The second-order valence-electron chi connectivity index (χ2n) is 7.51. The minimum absolute atomic E-state index is 0.00300. The van der Waals surface area contributed by atoms with Crippen LogP contribution < -0.4 is 5.32 Å². The van der Waals surface area contributed by atoms with Crippen LogP contribution in [0.4, 0.5) is 0 Å². The summed E-state index contributed by atoms with van der Waals surface area (Å²) >= 11 is 5.74. The van der Waals surface area contributed by atoms with E-state index in [0.717, 1.165) is 36.1 Å². The molecule has 4 rings (SSSR count). The first-order chi connectivity index (χ1) is 14.1. The molecule has 3 aromatic heterocycles. The molecule has 0 amide bonds. The third-order valence-corrected chi connectivity index (χ3v) is 5.56. The maximum Gasteiger partial charge on any atom is 0.170 e. The van der Waals surface area contributed by atoms with E-state index in [1.165, 1.54) is 5.69 Å². The lowest BCUT2D eigenvalue weighted by molar-refractivity contribution is 0.269. The predicted octanol–water partition coefficient (Wildman–Crippen LogP) is 2.86. The van der Waals surface area contributed by atoms with Gasteiger partial charge >= 0.3 is 0 Å². The third kappa shape index (κ3) is 4.31. The Kier molecular flexibility index (Phi) is 5.87. The molecule has 1 aliphatic rings. The molecule has 6 nitrogen and oxygen atoms in total. The molecule has 0 bridgehead atoms. The summed E-state index contributed by atoms with van der Waals surface area (Å²) in [7, 11) is 4.17. The van der Waals surface area contributed by atoms with Crippen LogP contribution in [0.15, 0.2) is 67.1 Å². The monoisotopic (exact) mass is 406 g/mol. The lowest BCUT2D eigenvalue weighted by Crippen LogP contribution is -2.36. The first kappa shape index (κ1) is 19.5. The van der Waals surface area contributed by atoms with Crippen molar-refractivity contribution in [1.82, 2.24) is 29.7 Å². The Morgan fingerprint density at radius 2 is 1.83 bits per heavy atom. The van der Waals surface area contributed by atoms with Crippen molar-refractivity contribution < 1.29 is 0 Å². The van der Waals surface area contributed by atoms with E-state index in [2.05, 4.69) is 74.2 Å². The molecule has 0 spiro atoms. The molecule has 1 N–H and O–H groups in total. The molecule has 7 heteroatoms. The van der Waals surface area contributed by atoms with E-state index in [-0.39, 0.29) is 12.1 Å². The Balaban J connectivity index is 1.70. The second kappa shape index (κ2) is 8.71. The van der Waals surface area contributed by atoms with Crippen molar-refractivity contribution in [3.8, 4) is 0 Å². The van der Waals surface area contributed by atoms with E-state index in [1.54, 1.807) is 0 Å². The zero-order valence-corrected chi connectivity index (χ0v) is 17.6. The summed E-state index contributed by atoms with van der Waals surface area (Å²) in [5.74, 6) is 0. The lowest BCUT2D eigenvalue weighted by Gasteiger charge is -2.29. The highest BCUT2D eigenvalue weighted by atomic mass is 32.1. The number of aromatic nitrogens is 3. The predicted molar refractivity (Wildman–Crippen MR) is 118 cm³/mol. The maximum absolute atomic E-state index is 5.74. The highest BCUT2D eigenvalue weighted by Crippen LogP contribution is 2.38. The molecule has 0 aliphatic carbocycles. The van der Waals surface area contributed by atoms with Gasteiger partial charge in [-0.1, -0.05) is 12.1 Å². The molecule has 150 valence electrons. The number of likely N-dealkylation sites (N-methyl/N-ethyl adjacent to an activating group) is 1. The smallest absolute Gasteiger partial charge is 0.170 e. The van der Waals surface area contributed by atoms with E-state index in [4.69, 9.17) is 12.2 Å². The van der Waals surface area contributed by atoms with Gasteiger partial charge < -0.3 is 19.7 Å². The molecule has 29 heavy (non-hydrogen) atoms. The van der Waals surface area contributed by atoms with Gasteiger partial charge in [-0.25, -0.2) is 0 Å². The highest BCUT2D eigenvalue weighted by molar-refractivity contribution is 7.80. The van der Waals surface area contributed by atoms with E-state index in [0.29, 0.717) is 0 Å². The van der Waals surface area contributed by atoms with Crippen molar-refractivity contribution in [2.45, 2.75) is 18.6 Å². The van der Waals surface area contributed by atoms with Gasteiger partial charge in [0, 0.05) is 37.4 Å². The largest absolute Gasteiger partial charge is 0.352 e. The van der Waals surface area contributed by atoms with Crippen molar-refractivity contribution in [2.24, 2.45) is 0 Å². The highest BCUT2D eigenvalue weighted by Gasteiger charge is 2.40. The molecular weight excluding hydrogens is 380 g/mol. The number of nitrogens with one attached hydrogen (secondary N) is 1. The van der Waals surface area contributed by atoms with E-state index in [1.807, 2.05) is 36.7 Å². The fourth-order valence-electron chi connectivity index (χ4n) is 3.78. The maximum atomic E-state index is 5.74. The summed E-state index contributed by atoms with van der Waals surface area (Å²) in [4.78, 5) is 13.6. The van der Waals surface area contributed by atoms with Crippen LogP contribution in [0.5, 0.6) is 0 Å². The second-order valence-corrected chi connectivity index (χ2v) is 7.89. The van der Waals surface area contributed by atoms with E-state index < -0.39 is 0 Å². The van der Waals surface area contributed by atoms with Gasteiger partial charge in [-0.15, -0.1) is 0 Å². The number of hydrogen-bond acceptors (Lipinski definition) is 4. The van der Waals surface area contributed by atoms with Crippen LogP contribution in [-0.4, -0.2) is 56.6 Å². The molecule has 0 aromatic carbocycles. The van der Waals surface area contributed by atoms with Crippen LogP contribution in [0.2, 0.25) is 0 Å². The molecule has 1 aliphatic heterocycles. The Morgan fingerprint density at radius 3 is 2.52 bits per heavy atom. The van der Waals surface area contributed by atoms with Crippen LogP contribution >= 0.6 is 12.2 Å². The average molecular weight is 407 g/mol. The number of hydrogen-bond donors (Lipinski definition) is 1. The van der Waals surface area contributed by atoms with Gasteiger partial charge in [-0.3, -0.25) is 9.97 Å². The zero-order valence-electron chi connectivity index (χ0n) is 16.8. The number of rotatable bonds is 7. The molecular formula is C22H26N6S. The van der Waals surface area contributed by atoms with Gasteiger partial charge in [0.25, 0.3) is 0 Å². The quantitative estimate of drug-likeness (QED) is 0.609. The van der Waals surface area contributed by atoms with Gasteiger partial charge in [0.05, 0.1) is 30.0 Å². The number of pyridine rings is 2.